The molecule has 0 saturated carbocycles. The number of carbonyl (C=O) groups is 1. The molecule has 0 radical (unpaired) electrons. The van der Waals surface area contributed by atoms with Crippen molar-refractivity contribution in [3.8, 4) is 11.1 Å². The largest absolute Gasteiger partial charge is 0.481 e. The maximum Gasteiger partial charge on any atom is 0.304 e. The molecule has 3 nitrogen and oxygen atoms in total. The van der Waals surface area contributed by atoms with Gasteiger partial charge in [0, 0.05) is 6.04 Å². The first-order valence-electron chi connectivity index (χ1n) is 6.27. The fourth-order valence-corrected chi connectivity index (χ4v) is 2.06. The third-order valence-corrected chi connectivity index (χ3v) is 3.00. The second kappa shape index (κ2) is 6.16. The van der Waals surface area contributed by atoms with Crippen LogP contribution in [-0.4, -0.2) is 17.1 Å². The summed E-state index contributed by atoms with van der Waals surface area (Å²) in [5.74, 6) is -0.853. The van der Waals surface area contributed by atoms with Gasteiger partial charge in [-0.05, 0) is 23.1 Å². The van der Waals surface area contributed by atoms with E-state index in [1.165, 1.54) is 5.56 Å². The van der Waals surface area contributed by atoms with E-state index in [-0.39, 0.29) is 12.5 Å². The lowest BCUT2D eigenvalue weighted by Crippen LogP contribution is -2.26. The quantitative estimate of drug-likeness (QED) is 0.863. The molecule has 1 unspecified atom stereocenters. The van der Waals surface area contributed by atoms with Gasteiger partial charge < -0.3 is 10.8 Å². The van der Waals surface area contributed by atoms with E-state index in [0.717, 1.165) is 11.1 Å². The smallest absolute Gasteiger partial charge is 0.304 e. The molecule has 19 heavy (non-hydrogen) atoms. The Morgan fingerprint density at radius 1 is 1.00 bits per heavy atom. The summed E-state index contributed by atoms with van der Waals surface area (Å²) < 4.78 is 0. The molecule has 3 N–H and O–H groups in total. The van der Waals surface area contributed by atoms with Crippen molar-refractivity contribution in [3.05, 3.63) is 60.2 Å². The van der Waals surface area contributed by atoms with Gasteiger partial charge in [-0.3, -0.25) is 4.79 Å². The Morgan fingerprint density at radius 2 is 1.58 bits per heavy atom. The monoisotopic (exact) mass is 255 g/mol. The average Bonchev–Trinajstić information content (AvgIpc) is 2.39. The second-order valence-electron chi connectivity index (χ2n) is 4.63. The lowest BCUT2D eigenvalue weighted by molar-refractivity contribution is -0.137. The fraction of sp³-hybridized carbons (Fsp3) is 0.188. The highest BCUT2D eigenvalue weighted by molar-refractivity contribution is 5.67. The van der Waals surface area contributed by atoms with E-state index in [1.54, 1.807) is 0 Å². The Labute approximate surface area is 112 Å². The molecule has 0 aliphatic heterocycles. The fourth-order valence-electron chi connectivity index (χ4n) is 2.06. The predicted octanol–water partition coefficient (Wildman–Crippen LogP) is 2.70. The van der Waals surface area contributed by atoms with Crippen LogP contribution >= 0.6 is 0 Å². The van der Waals surface area contributed by atoms with E-state index in [9.17, 15) is 4.79 Å². The van der Waals surface area contributed by atoms with Crippen LogP contribution in [-0.2, 0) is 11.2 Å². The standard InChI is InChI=1S/C16H17NO2/c17-15(11-16(18)19)10-12-6-8-14(9-7-12)13-4-2-1-3-5-13/h1-9,15H,10-11,17H2,(H,18,19). The van der Waals surface area contributed by atoms with E-state index in [0.29, 0.717) is 6.42 Å². The number of aliphatic carboxylic acids is 1. The Kier molecular flexibility index (Phi) is 4.31. The minimum atomic E-state index is -0.853. The molecule has 0 aliphatic rings. The van der Waals surface area contributed by atoms with Gasteiger partial charge in [0.2, 0.25) is 0 Å². The summed E-state index contributed by atoms with van der Waals surface area (Å²) >= 11 is 0. The van der Waals surface area contributed by atoms with Gasteiger partial charge in [0.25, 0.3) is 0 Å². The van der Waals surface area contributed by atoms with Gasteiger partial charge >= 0.3 is 5.97 Å². The van der Waals surface area contributed by atoms with E-state index < -0.39 is 5.97 Å². The molecule has 2 aromatic carbocycles. The summed E-state index contributed by atoms with van der Waals surface area (Å²) in [4.78, 5) is 10.6. The van der Waals surface area contributed by atoms with Crippen molar-refractivity contribution in [1.82, 2.24) is 0 Å². The van der Waals surface area contributed by atoms with Crippen molar-refractivity contribution in [2.75, 3.05) is 0 Å². The minimum absolute atomic E-state index is 0.000433. The third kappa shape index (κ3) is 3.93. The van der Waals surface area contributed by atoms with Gasteiger partial charge in [0.05, 0.1) is 6.42 Å². The van der Waals surface area contributed by atoms with Gasteiger partial charge in [0.15, 0.2) is 0 Å². The summed E-state index contributed by atoms with van der Waals surface area (Å²) in [6.07, 6.45) is 0.585. The zero-order valence-electron chi connectivity index (χ0n) is 10.6. The van der Waals surface area contributed by atoms with Crippen molar-refractivity contribution < 1.29 is 9.90 Å². The summed E-state index contributed by atoms with van der Waals surface area (Å²) in [6, 6.07) is 17.9. The molecule has 0 heterocycles. The van der Waals surface area contributed by atoms with Crippen LogP contribution in [0, 0.1) is 0 Å². The number of hydrogen-bond donors (Lipinski definition) is 2. The molecule has 0 spiro atoms. The molecular formula is C16H17NO2. The number of benzene rings is 2. The zero-order valence-corrected chi connectivity index (χ0v) is 10.6. The summed E-state index contributed by atoms with van der Waals surface area (Å²) in [6.45, 7) is 0. The van der Waals surface area contributed by atoms with E-state index >= 15 is 0 Å². The molecule has 2 aromatic rings. The number of rotatable bonds is 5. The summed E-state index contributed by atoms with van der Waals surface area (Å²) in [5, 5.41) is 8.67. The maximum atomic E-state index is 10.6. The molecule has 0 saturated heterocycles. The molecule has 0 amide bonds. The Hall–Kier alpha value is -2.13. The van der Waals surface area contributed by atoms with Crippen LogP contribution in [0.5, 0.6) is 0 Å². The number of carboxylic acids is 1. The van der Waals surface area contributed by atoms with Crippen molar-refractivity contribution in [2.24, 2.45) is 5.73 Å². The van der Waals surface area contributed by atoms with Crippen LogP contribution in [0.25, 0.3) is 11.1 Å². The number of nitrogens with two attached hydrogens (primary N) is 1. The molecule has 0 aliphatic carbocycles. The Balaban J connectivity index is 2.05. The lowest BCUT2D eigenvalue weighted by Gasteiger charge is -2.09. The normalized spacial score (nSPS) is 12.1. The number of hydrogen-bond acceptors (Lipinski definition) is 2. The summed E-state index contributed by atoms with van der Waals surface area (Å²) in [7, 11) is 0. The van der Waals surface area contributed by atoms with Crippen LogP contribution in [0.1, 0.15) is 12.0 Å². The Morgan fingerprint density at radius 3 is 2.16 bits per heavy atom. The van der Waals surface area contributed by atoms with Gasteiger partial charge in [-0.2, -0.15) is 0 Å². The van der Waals surface area contributed by atoms with Crippen LogP contribution in [0.4, 0.5) is 0 Å². The van der Waals surface area contributed by atoms with Crippen LogP contribution in [0.2, 0.25) is 0 Å². The SMILES string of the molecule is NC(CC(=O)O)Cc1ccc(-c2ccccc2)cc1. The molecule has 0 aromatic heterocycles. The van der Waals surface area contributed by atoms with Crippen molar-refractivity contribution in [3.63, 3.8) is 0 Å². The molecule has 3 heteroatoms. The summed E-state index contributed by atoms with van der Waals surface area (Å²) in [5.41, 5.74) is 9.16. The van der Waals surface area contributed by atoms with Crippen molar-refractivity contribution in [1.29, 1.82) is 0 Å². The first kappa shape index (κ1) is 13.3. The molecule has 2 rings (SSSR count). The van der Waals surface area contributed by atoms with Gasteiger partial charge in [-0.1, -0.05) is 54.6 Å². The molecular weight excluding hydrogens is 238 g/mol. The molecule has 1 atom stereocenters. The molecule has 98 valence electrons. The van der Waals surface area contributed by atoms with E-state index in [1.807, 2.05) is 42.5 Å². The van der Waals surface area contributed by atoms with Crippen molar-refractivity contribution >= 4 is 5.97 Å². The highest BCUT2D eigenvalue weighted by Crippen LogP contribution is 2.19. The van der Waals surface area contributed by atoms with Crippen LogP contribution in [0.15, 0.2) is 54.6 Å². The van der Waals surface area contributed by atoms with Crippen LogP contribution in [0.3, 0.4) is 0 Å². The predicted molar refractivity (Wildman–Crippen MR) is 75.8 cm³/mol. The van der Waals surface area contributed by atoms with Gasteiger partial charge in [-0.15, -0.1) is 0 Å². The molecule has 0 fully saturated rings. The topological polar surface area (TPSA) is 63.3 Å². The van der Waals surface area contributed by atoms with E-state index in [2.05, 4.69) is 12.1 Å². The van der Waals surface area contributed by atoms with E-state index in [4.69, 9.17) is 10.8 Å². The first-order valence-corrected chi connectivity index (χ1v) is 6.27. The first-order chi connectivity index (χ1) is 9.15. The van der Waals surface area contributed by atoms with Crippen molar-refractivity contribution in [2.45, 2.75) is 18.9 Å². The van der Waals surface area contributed by atoms with Crippen LogP contribution < -0.4 is 5.73 Å². The maximum absolute atomic E-state index is 10.6. The average molecular weight is 255 g/mol. The zero-order chi connectivity index (χ0) is 13.7. The Bertz CT molecular complexity index is 534. The van der Waals surface area contributed by atoms with Gasteiger partial charge in [0.1, 0.15) is 0 Å². The lowest BCUT2D eigenvalue weighted by atomic mass is 10.00. The third-order valence-electron chi connectivity index (χ3n) is 3.00. The highest BCUT2D eigenvalue weighted by atomic mass is 16.4. The minimum Gasteiger partial charge on any atom is -0.481 e. The number of carboxylic acid groups (broad SMARTS) is 1. The molecule has 0 bridgehead atoms. The highest BCUT2D eigenvalue weighted by Gasteiger charge is 2.08. The second-order valence-corrected chi connectivity index (χ2v) is 4.63. The van der Waals surface area contributed by atoms with Gasteiger partial charge in [-0.25, -0.2) is 0 Å².